The maximum Gasteiger partial charge on any atom is 0.0716 e. The molecule has 0 bridgehead atoms. The minimum absolute atomic E-state index is 0.144. The quantitative estimate of drug-likeness (QED) is 0.695. The fourth-order valence-electron chi connectivity index (χ4n) is 3.24. The van der Waals surface area contributed by atoms with Gasteiger partial charge in [0.25, 0.3) is 0 Å². The molecule has 2 atom stereocenters. The van der Waals surface area contributed by atoms with Gasteiger partial charge in [-0.3, -0.25) is 0 Å². The van der Waals surface area contributed by atoms with Crippen molar-refractivity contribution in [3.8, 4) is 0 Å². The molecule has 0 spiro atoms. The van der Waals surface area contributed by atoms with E-state index in [1.165, 1.54) is 25.7 Å². The van der Waals surface area contributed by atoms with Crippen LogP contribution in [0.4, 0.5) is 0 Å². The Kier molecular flexibility index (Phi) is 4.83. The molecule has 0 amide bonds. The van der Waals surface area contributed by atoms with Crippen LogP contribution in [-0.4, -0.2) is 36.9 Å². The highest BCUT2D eigenvalue weighted by atomic mass is 16.3. The summed E-state index contributed by atoms with van der Waals surface area (Å²) in [6.45, 7) is 7.41. The van der Waals surface area contributed by atoms with Crippen LogP contribution in [-0.2, 0) is 0 Å². The zero-order valence-corrected chi connectivity index (χ0v) is 11.3. The lowest BCUT2D eigenvalue weighted by atomic mass is 9.79. The Morgan fingerprint density at radius 3 is 2.41 bits per heavy atom. The van der Waals surface area contributed by atoms with E-state index in [1.807, 2.05) is 0 Å². The highest BCUT2D eigenvalue weighted by Gasteiger charge is 2.27. The van der Waals surface area contributed by atoms with Gasteiger partial charge in [0.15, 0.2) is 0 Å². The van der Waals surface area contributed by atoms with Crippen molar-refractivity contribution in [2.45, 2.75) is 51.7 Å². The van der Waals surface area contributed by atoms with Gasteiger partial charge < -0.3 is 15.7 Å². The number of hydrogen-bond acceptors (Lipinski definition) is 3. The number of β-amino-alcohol motifs (C(OH)–C–C–N with tert-alkyl or cyclic N) is 1. The molecule has 0 radical (unpaired) electrons. The van der Waals surface area contributed by atoms with E-state index >= 15 is 0 Å². The first-order chi connectivity index (χ1) is 8.16. The molecular weight excluding hydrogens is 212 g/mol. The molecule has 3 N–H and O–H groups in total. The van der Waals surface area contributed by atoms with Crippen molar-refractivity contribution in [3.05, 3.63) is 0 Å². The number of aliphatic hydroxyl groups is 1. The van der Waals surface area contributed by atoms with Crippen LogP contribution in [0.2, 0.25) is 0 Å². The summed E-state index contributed by atoms with van der Waals surface area (Å²) >= 11 is 0. The van der Waals surface area contributed by atoms with Crippen LogP contribution in [0.1, 0.15) is 39.5 Å². The van der Waals surface area contributed by atoms with Crippen LogP contribution in [0.5, 0.6) is 0 Å². The molecule has 1 aliphatic carbocycles. The second-order valence-electron chi connectivity index (χ2n) is 6.25. The Morgan fingerprint density at radius 1 is 1.18 bits per heavy atom. The van der Waals surface area contributed by atoms with Gasteiger partial charge in [-0.15, -0.1) is 0 Å². The molecule has 1 saturated carbocycles. The third kappa shape index (κ3) is 3.67. The molecule has 3 heteroatoms. The molecule has 2 aliphatic rings. The number of rotatable bonds is 4. The van der Waals surface area contributed by atoms with Crippen molar-refractivity contribution in [1.82, 2.24) is 10.6 Å². The van der Waals surface area contributed by atoms with Crippen LogP contribution >= 0.6 is 0 Å². The molecular formula is C14H28N2O. The van der Waals surface area contributed by atoms with E-state index in [2.05, 4.69) is 24.5 Å². The number of aliphatic hydroxyl groups excluding tert-OH is 1. The summed E-state index contributed by atoms with van der Waals surface area (Å²) in [5.41, 5.74) is 0. The fourth-order valence-corrected chi connectivity index (χ4v) is 3.24. The third-order valence-corrected chi connectivity index (χ3v) is 4.69. The molecule has 0 aromatic heterocycles. The second-order valence-corrected chi connectivity index (χ2v) is 6.25. The summed E-state index contributed by atoms with van der Waals surface area (Å²) in [7, 11) is 0. The summed E-state index contributed by atoms with van der Waals surface area (Å²) in [5, 5.41) is 16.6. The average Bonchev–Trinajstić information content (AvgIpc) is 2.73. The summed E-state index contributed by atoms with van der Waals surface area (Å²) in [6, 6.07) is 0.692. The van der Waals surface area contributed by atoms with E-state index in [4.69, 9.17) is 0 Å². The molecule has 2 rings (SSSR count). The lowest BCUT2D eigenvalue weighted by Gasteiger charge is -2.32. The van der Waals surface area contributed by atoms with Crippen LogP contribution < -0.4 is 10.6 Å². The van der Waals surface area contributed by atoms with Gasteiger partial charge in [-0.25, -0.2) is 0 Å². The van der Waals surface area contributed by atoms with Crippen molar-refractivity contribution in [1.29, 1.82) is 0 Å². The van der Waals surface area contributed by atoms with Gasteiger partial charge in [0.05, 0.1) is 6.10 Å². The minimum Gasteiger partial charge on any atom is -0.391 e. The van der Waals surface area contributed by atoms with Gasteiger partial charge >= 0.3 is 0 Å². The van der Waals surface area contributed by atoms with Crippen LogP contribution in [0.3, 0.4) is 0 Å². The Hall–Kier alpha value is -0.120. The zero-order chi connectivity index (χ0) is 12.3. The first-order valence-electron chi connectivity index (χ1n) is 7.29. The van der Waals surface area contributed by atoms with Crippen molar-refractivity contribution < 1.29 is 5.11 Å². The summed E-state index contributed by atoms with van der Waals surface area (Å²) in [6.07, 6.45) is 5.24. The Labute approximate surface area is 105 Å². The zero-order valence-electron chi connectivity index (χ0n) is 11.3. The van der Waals surface area contributed by atoms with Gasteiger partial charge in [-0.05, 0) is 37.5 Å². The molecule has 1 heterocycles. The first kappa shape index (κ1) is 13.3. The van der Waals surface area contributed by atoms with E-state index in [-0.39, 0.29) is 6.10 Å². The van der Waals surface area contributed by atoms with Crippen molar-refractivity contribution in [2.24, 2.45) is 17.8 Å². The standard InChI is InChI=1S/C14H28N2O/c1-10(2)11-3-5-13(6-4-11)16-8-12-7-15-9-14(12)17/h10-17H,3-9H2,1-2H3. The molecule has 100 valence electrons. The van der Waals surface area contributed by atoms with Crippen LogP contribution in [0, 0.1) is 17.8 Å². The molecule has 2 fully saturated rings. The third-order valence-electron chi connectivity index (χ3n) is 4.69. The maximum atomic E-state index is 9.73. The van der Waals surface area contributed by atoms with Crippen LogP contribution in [0.25, 0.3) is 0 Å². The lowest BCUT2D eigenvalue weighted by molar-refractivity contribution is 0.140. The van der Waals surface area contributed by atoms with Crippen molar-refractivity contribution in [2.75, 3.05) is 19.6 Å². The highest BCUT2D eigenvalue weighted by molar-refractivity contribution is 4.85. The predicted octanol–water partition coefficient (Wildman–Crippen LogP) is 1.37. The minimum atomic E-state index is -0.144. The topological polar surface area (TPSA) is 44.3 Å². The molecule has 2 unspecified atom stereocenters. The van der Waals surface area contributed by atoms with E-state index in [0.29, 0.717) is 12.0 Å². The van der Waals surface area contributed by atoms with Gasteiger partial charge in [-0.1, -0.05) is 13.8 Å². The summed E-state index contributed by atoms with van der Waals surface area (Å²) < 4.78 is 0. The molecule has 0 aromatic carbocycles. The fraction of sp³-hybridized carbons (Fsp3) is 1.00. The molecule has 1 aliphatic heterocycles. The Bertz CT molecular complexity index is 224. The lowest BCUT2D eigenvalue weighted by Crippen LogP contribution is -2.39. The van der Waals surface area contributed by atoms with E-state index in [1.54, 1.807) is 0 Å². The van der Waals surface area contributed by atoms with Gasteiger partial charge in [-0.2, -0.15) is 0 Å². The second kappa shape index (κ2) is 6.17. The normalized spacial score (nSPS) is 38.8. The first-order valence-corrected chi connectivity index (χ1v) is 7.29. The van der Waals surface area contributed by atoms with Gasteiger partial charge in [0.1, 0.15) is 0 Å². The smallest absolute Gasteiger partial charge is 0.0716 e. The monoisotopic (exact) mass is 240 g/mol. The van der Waals surface area contributed by atoms with Crippen molar-refractivity contribution >= 4 is 0 Å². The van der Waals surface area contributed by atoms with E-state index in [9.17, 15) is 5.11 Å². The highest BCUT2D eigenvalue weighted by Crippen LogP contribution is 2.29. The van der Waals surface area contributed by atoms with Crippen molar-refractivity contribution in [3.63, 3.8) is 0 Å². The summed E-state index contributed by atoms with van der Waals surface area (Å²) in [5.74, 6) is 2.20. The Morgan fingerprint density at radius 2 is 1.88 bits per heavy atom. The molecule has 17 heavy (non-hydrogen) atoms. The molecule has 1 saturated heterocycles. The largest absolute Gasteiger partial charge is 0.391 e. The van der Waals surface area contributed by atoms with Gasteiger partial charge in [0.2, 0.25) is 0 Å². The molecule has 0 aromatic rings. The van der Waals surface area contributed by atoms with Gasteiger partial charge in [0, 0.05) is 31.6 Å². The molecule has 3 nitrogen and oxygen atoms in total. The van der Waals surface area contributed by atoms with E-state index < -0.39 is 0 Å². The Balaban J connectivity index is 1.64. The van der Waals surface area contributed by atoms with E-state index in [0.717, 1.165) is 31.5 Å². The number of nitrogens with one attached hydrogen (secondary N) is 2. The SMILES string of the molecule is CC(C)C1CCC(NCC2CNCC2O)CC1. The summed E-state index contributed by atoms with van der Waals surface area (Å²) in [4.78, 5) is 0. The average molecular weight is 240 g/mol. The van der Waals surface area contributed by atoms with Crippen LogP contribution in [0.15, 0.2) is 0 Å². The maximum absolute atomic E-state index is 9.73. The number of hydrogen-bond donors (Lipinski definition) is 3. The predicted molar refractivity (Wildman–Crippen MR) is 71.0 cm³/mol.